The molecule has 0 bridgehead atoms. The molecule has 136 valence electrons. The Balaban J connectivity index is 1.98. The number of hydrogen-bond acceptors (Lipinski definition) is 6. The lowest BCUT2D eigenvalue weighted by Gasteiger charge is -2.17. The maximum atomic E-state index is 12.2. The van der Waals surface area contributed by atoms with Crippen molar-refractivity contribution >= 4 is 23.3 Å². The van der Waals surface area contributed by atoms with E-state index in [1.807, 2.05) is 6.92 Å². The van der Waals surface area contributed by atoms with E-state index in [1.165, 1.54) is 6.92 Å². The van der Waals surface area contributed by atoms with Crippen LogP contribution in [0.4, 0.5) is 5.69 Å². The molecular weight excluding hydrogens is 326 g/mol. The maximum Gasteiger partial charge on any atom is 0.238 e. The van der Waals surface area contributed by atoms with Gasteiger partial charge in [-0.15, -0.1) is 0 Å². The number of hydrogen-bond donors (Lipinski definition) is 2. The number of ketones is 1. The number of benzene rings is 1. The van der Waals surface area contributed by atoms with Gasteiger partial charge in [0.25, 0.3) is 0 Å². The van der Waals surface area contributed by atoms with Crippen LogP contribution in [0.2, 0.25) is 0 Å². The highest BCUT2D eigenvalue weighted by atomic mass is 16.7. The first kappa shape index (κ1) is 18.7. The molecule has 1 heterocycles. The van der Waals surface area contributed by atoms with Crippen molar-refractivity contribution in [3.63, 3.8) is 0 Å². The monoisotopic (exact) mass is 349 g/mol. The summed E-state index contributed by atoms with van der Waals surface area (Å²) in [6, 6.07) is 3.13. The van der Waals surface area contributed by atoms with Gasteiger partial charge < -0.3 is 20.1 Å². The fourth-order valence-corrected chi connectivity index (χ4v) is 2.39. The van der Waals surface area contributed by atoms with Gasteiger partial charge in [-0.2, -0.15) is 0 Å². The molecule has 0 spiro atoms. The van der Waals surface area contributed by atoms with Gasteiger partial charge in [0.2, 0.25) is 18.6 Å². The van der Waals surface area contributed by atoms with E-state index in [2.05, 4.69) is 10.6 Å². The van der Waals surface area contributed by atoms with Crippen LogP contribution in [0.25, 0.3) is 0 Å². The molecule has 0 atom stereocenters. The van der Waals surface area contributed by atoms with Crippen molar-refractivity contribution in [3.8, 4) is 11.5 Å². The number of likely N-dealkylation sites (N-methyl/N-ethyl adjacent to an activating group) is 1. The van der Waals surface area contributed by atoms with Crippen LogP contribution in [0.3, 0.4) is 0 Å². The normalized spacial score (nSPS) is 12.2. The van der Waals surface area contributed by atoms with Crippen LogP contribution in [0.15, 0.2) is 12.1 Å². The third kappa shape index (κ3) is 5.18. The van der Waals surface area contributed by atoms with Gasteiger partial charge in [-0.25, -0.2) is 0 Å². The van der Waals surface area contributed by atoms with Crippen molar-refractivity contribution in [2.75, 3.05) is 38.8 Å². The minimum atomic E-state index is -0.327. The van der Waals surface area contributed by atoms with Gasteiger partial charge in [-0.3, -0.25) is 19.3 Å². The molecule has 0 aliphatic carbocycles. The van der Waals surface area contributed by atoms with Gasteiger partial charge in [0, 0.05) is 18.2 Å². The Labute approximate surface area is 146 Å². The Morgan fingerprint density at radius 1 is 1.12 bits per heavy atom. The van der Waals surface area contributed by atoms with Crippen LogP contribution in [0, 0.1) is 0 Å². The molecular formula is C17H23N3O5. The summed E-state index contributed by atoms with van der Waals surface area (Å²) in [7, 11) is 1.68. The predicted octanol–water partition coefficient (Wildman–Crippen LogP) is 1.01. The molecule has 8 nitrogen and oxygen atoms in total. The molecule has 8 heteroatoms. The van der Waals surface area contributed by atoms with Gasteiger partial charge in [-0.1, -0.05) is 6.92 Å². The Morgan fingerprint density at radius 2 is 1.76 bits per heavy atom. The lowest BCUT2D eigenvalue weighted by Crippen LogP contribution is -2.39. The van der Waals surface area contributed by atoms with E-state index in [0.29, 0.717) is 29.3 Å². The number of nitrogens with one attached hydrogen (secondary N) is 2. The number of rotatable bonds is 8. The van der Waals surface area contributed by atoms with E-state index in [4.69, 9.17) is 9.47 Å². The molecule has 1 aromatic carbocycles. The summed E-state index contributed by atoms with van der Waals surface area (Å²) in [4.78, 5) is 37.3. The summed E-state index contributed by atoms with van der Waals surface area (Å²) in [5, 5.41) is 5.45. The topological polar surface area (TPSA) is 97.0 Å². The van der Waals surface area contributed by atoms with E-state index in [-0.39, 0.29) is 37.5 Å². The number of amides is 2. The van der Waals surface area contributed by atoms with E-state index in [1.54, 1.807) is 24.1 Å². The minimum absolute atomic E-state index is 0.0192. The molecule has 2 amide bonds. The van der Waals surface area contributed by atoms with Gasteiger partial charge in [0.15, 0.2) is 17.3 Å². The summed E-state index contributed by atoms with van der Waals surface area (Å²) >= 11 is 0. The van der Waals surface area contributed by atoms with Crippen LogP contribution in [0.1, 0.15) is 30.6 Å². The molecule has 0 fully saturated rings. The average molecular weight is 349 g/mol. The zero-order valence-electron chi connectivity index (χ0n) is 14.7. The first-order valence-electron chi connectivity index (χ1n) is 8.10. The maximum absolute atomic E-state index is 12.2. The smallest absolute Gasteiger partial charge is 0.238 e. The number of carbonyl (C=O) groups is 3. The van der Waals surface area contributed by atoms with Crippen LogP contribution in [0.5, 0.6) is 11.5 Å². The fraction of sp³-hybridized carbons (Fsp3) is 0.471. The molecule has 0 aromatic heterocycles. The van der Waals surface area contributed by atoms with Crippen molar-refractivity contribution in [2.24, 2.45) is 0 Å². The zero-order valence-corrected chi connectivity index (χ0v) is 14.7. The summed E-state index contributed by atoms with van der Waals surface area (Å²) in [5.41, 5.74) is 0.714. The van der Waals surface area contributed by atoms with Gasteiger partial charge in [0.05, 0.1) is 18.8 Å². The molecule has 2 N–H and O–H groups in total. The number of anilines is 1. The van der Waals surface area contributed by atoms with E-state index in [9.17, 15) is 14.4 Å². The third-order valence-corrected chi connectivity index (χ3v) is 3.57. The van der Waals surface area contributed by atoms with Crippen molar-refractivity contribution in [1.29, 1.82) is 0 Å². The third-order valence-electron chi connectivity index (χ3n) is 3.57. The van der Waals surface area contributed by atoms with E-state index < -0.39 is 0 Å². The Morgan fingerprint density at radius 3 is 2.40 bits per heavy atom. The number of carbonyl (C=O) groups excluding carboxylic acids is 3. The zero-order chi connectivity index (χ0) is 18.4. The highest BCUT2D eigenvalue weighted by Crippen LogP contribution is 2.37. The van der Waals surface area contributed by atoms with E-state index in [0.717, 1.165) is 6.42 Å². The molecule has 2 rings (SSSR count). The highest BCUT2D eigenvalue weighted by Gasteiger charge is 2.21. The minimum Gasteiger partial charge on any atom is -0.454 e. The fourth-order valence-electron chi connectivity index (χ4n) is 2.39. The van der Waals surface area contributed by atoms with Crippen molar-refractivity contribution in [2.45, 2.75) is 20.3 Å². The van der Waals surface area contributed by atoms with Gasteiger partial charge >= 0.3 is 0 Å². The molecule has 1 aliphatic rings. The van der Waals surface area contributed by atoms with Gasteiger partial charge in [-0.05, 0) is 26.5 Å². The van der Waals surface area contributed by atoms with Gasteiger partial charge in [0.1, 0.15) is 0 Å². The summed E-state index contributed by atoms with van der Waals surface area (Å²) in [5.74, 6) is 0.304. The molecule has 0 saturated carbocycles. The molecule has 25 heavy (non-hydrogen) atoms. The standard InChI is InChI=1S/C17H23N3O5/c1-4-5-18-16(22)8-20(3)9-17(23)19-13-7-15-14(24-10-25-15)6-12(13)11(2)21/h6-7H,4-5,8-10H2,1-3H3,(H,18,22)(H,19,23). The van der Waals surface area contributed by atoms with Crippen molar-refractivity contribution in [1.82, 2.24) is 10.2 Å². The first-order chi connectivity index (χ1) is 11.9. The van der Waals surface area contributed by atoms with E-state index >= 15 is 0 Å². The van der Waals surface area contributed by atoms with Crippen LogP contribution in [-0.2, 0) is 9.59 Å². The first-order valence-corrected chi connectivity index (χ1v) is 8.10. The number of Topliss-reactive ketones (excluding diaryl/α,β-unsaturated/α-hetero) is 1. The average Bonchev–Trinajstić information content (AvgIpc) is 2.98. The number of fused-ring (bicyclic) bond motifs is 1. The quantitative estimate of drug-likeness (QED) is 0.680. The lowest BCUT2D eigenvalue weighted by atomic mass is 10.1. The van der Waals surface area contributed by atoms with Crippen LogP contribution < -0.4 is 20.1 Å². The Kier molecular flexibility index (Phi) is 6.35. The largest absolute Gasteiger partial charge is 0.454 e. The second-order valence-electron chi connectivity index (χ2n) is 5.88. The lowest BCUT2D eigenvalue weighted by molar-refractivity contribution is -0.122. The van der Waals surface area contributed by atoms with Crippen LogP contribution in [-0.4, -0.2) is 56.0 Å². The second kappa shape index (κ2) is 8.48. The summed E-state index contributed by atoms with van der Waals surface area (Å²) in [6.45, 7) is 4.21. The SMILES string of the molecule is CCCNC(=O)CN(C)CC(=O)Nc1cc2c(cc1C(C)=O)OCO2. The molecule has 1 aliphatic heterocycles. The second-order valence-corrected chi connectivity index (χ2v) is 5.88. The molecule has 0 saturated heterocycles. The Bertz CT molecular complexity index is 674. The van der Waals surface area contributed by atoms with Crippen LogP contribution >= 0.6 is 0 Å². The predicted molar refractivity (Wildman–Crippen MR) is 92.0 cm³/mol. The molecule has 1 aromatic rings. The molecule has 0 unspecified atom stereocenters. The Hall–Kier alpha value is -2.61. The summed E-state index contributed by atoms with van der Waals surface area (Å²) < 4.78 is 10.5. The van der Waals surface area contributed by atoms with Crippen molar-refractivity contribution in [3.05, 3.63) is 17.7 Å². The summed E-state index contributed by atoms with van der Waals surface area (Å²) in [6.07, 6.45) is 0.855. The highest BCUT2D eigenvalue weighted by molar-refractivity contribution is 6.05. The number of nitrogens with zero attached hydrogens (tertiary/aromatic N) is 1. The number of ether oxygens (including phenoxy) is 2. The molecule has 0 radical (unpaired) electrons. The van der Waals surface area contributed by atoms with Crippen molar-refractivity contribution < 1.29 is 23.9 Å².